The smallest absolute Gasteiger partial charge is 0.0415 e. The highest BCUT2D eigenvalue weighted by atomic mass is 28.2. The summed E-state index contributed by atoms with van der Waals surface area (Å²) in [4.78, 5) is 0. The van der Waals surface area contributed by atoms with Gasteiger partial charge >= 0.3 is 0 Å². The zero-order chi connectivity index (χ0) is 10.4. The van der Waals surface area contributed by atoms with E-state index in [1.54, 1.807) is 10.3 Å². The first kappa shape index (κ1) is 9.04. The van der Waals surface area contributed by atoms with Crippen LogP contribution in [0.15, 0.2) is 36.4 Å². The van der Waals surface area contributed by atoms with Crippen molar-refractivity contribution < 1.29 is 0 Å². The van der Waals surface area contributed by atoms with Crippen molar-refractivity contribution in [3.8, 4) is 11.1 Å². The number of hydrogen-bond donors (Lipinski definition) is 0. The Balaban J connectivity index is 2.31. The highest BCUT2D eigenvalue weighted by molar-refractivity contribution is 6.54. The Morgan fingerprint density at radius 2 is 1.80 bits per heavy atom. The van der Waals surface area contributed by atoms with E-state index in [0.29, 0.717) is 0 Å². The average Bonchev–Trinajstić information content (AvgIpc) is 2.63. The number of benzene rings is 1. The van der Waals surface area contributed by atoms with Crippen molar-refractivity contribution in [2.75, 3.05) is 0 Å². The van der Waals surface area contributed by atoms with Gasteiger partial charge in [0.1, 0.15) is 0 Å². The SMILES string of the molecule is Cc1ccc2c([si]1C)Cc1ccccc1-2. The lowest BCUT2D eigenvalue weighted by molar-refractivity contribution is 1.29. The summed E-state index contributed by atoms with van der Waals surface area (Å²) in [6.45, 7) is 4.70. The molecule has 0 atom stereocenters. The van der Waals surface area contributed by atoms with Crippen molar-refractivity contribution in [2.45, 2.75) is 13.3 Å². The molecule has 15 heavy (non-hydrogen) atoms. The molecular formula is C14H14Si. The van der Waals surface area contributed by atoms with Crippen LogP contribution in [0, 0.1) is 6.92 Å². The fraction of sp³-hybridized carbons (Fsp3) is 0.214. The van der Waals surface area contributed by atoms with Gasteiger partial charge < -0.3 is 0 Å². The van der Waals surface area contributed by atoms with Gasteiger partial charge in [0, 0.05) is 8.40 Å². The lowest BCUT2D eigenvalue weighted by Gasteiger charge is -2.06. The Labute approximate surface area is 92.1 Å². The van der Waals surface area contributed by atoms with E-state index in [9.17, 15) is 0 Å². The third-order valence-electron chi connectivity index (χ3n) is 3.54. The minimum absolute atomic E-state index is 0.403. The molecule has 1 aliphatic carbocycles. The van der Waals surface area contributed by atoms with Crippen molar-refractivity contribution >= 4 is 8.40 Å². The first-order valence-electron chi connectivity index (χ1n) is 5.45. The second-order valence-corrected chi connectivity index (χ2v) is 7.01. The Morgan fingerprint density at radius 1 is 1.00 bits per heavy atom. The van der Waals surface area contributed by atoms with E-state index in [0.717, 1.165) is 0 Å². The molecule has 0 aliphatic heterocycles. The van der Waals surface area contributed by atoms with Gasteiger partial charge in [0.05, 0.1) is 0 Å². The van der Waals surface area contributed by atoms with Gasteiger partial charge in [-0.2, -0.15) is 0 Å². The summed E-state index contributed by atoms with van der Waals surface area (Å²) in [5.41, 5.74) is 4.51. The lowest BCUT2D eigenvalue weighted by atomic mass is 10.1. The highest BCUT2D eigenvalue weighted by Gasteiger charge is 2.19. The molecule has 0 amide bonds. The van der Waals surface area contributed by atoms with Crippen LogP contribution in [0.2, 0.25) is 0 Å². The van der Waals surface area contributed by atoms with Crippen molar-refractivity contribution in [3.05, 3.63) is 52.3 Å². The molecule has 1 aliphatic rings. The third-order valence-corrected chi connectivity index (χ3v) is 6.25. The molecule has 0 N–H and O–H groups in total. The van der Waals surface area contributed by atoms with Crippen LogP contribution < -0.4 is 0 Å². The maximum Gasteiger partial charge on any atom is 0.0415 e. The summed E-state index contributed by atoms with van der Waals surface area (Å²) in [6.07, 6.45) is 1.19. The van der Waals surface area contributed by atoms with Crippen molar-refractivity contribution in [2.24, 2.45) is 6.55 Å². The molecular weight excluding hydrogens is 196 g/mol. The molecule has 74 valence electrons. The van der Waals surface area contributed by atoms with E-state index in [1.807, 2.05) is 0 Å². The van der Waals surface area contributed by atoms with Gasteiger partial charge in [-0.05, 0) is 30.0 Å². The van der Waals surface area contributed by atoms with Crippen LogP contribution in [-0.4, -0.2) is 8.40 Å². The summed E-state index contributed by atoms with van der Waals surface area (Å²) >= 11 is 0. The van der Waals surface area contributed by atoms with Crippen LogP contribution in [0.3, 0.4) is 0 Å². The number of aryl methyl sites for hydroxylation is 1. The monoisotopic (exact) mass is 210 g/mol. The zero-order valence-corrected chi connectivity index (χ0v) is 10.2. The number of fused-ring (bicyclic) bond motifs is 3. The fourth-order valence-electron chi connectivity index (χ4n) is 2.48. The Hall–Kier alpha value is -1.21. The Morgan fingerprint density at radius 3 is 2.67 bits per heavy atom. The van der Waals surface area contributed by atoms with Crippen LogP contribution in [-0.2, 0) is 13.0 Å². The van der Waals surface area contributed by atoms with E-state index < -0.39 is 8.40 Å². The molecule has 3 rings (SSSR count). The number of hydrogen-bond acceptors (Lipinski definition) is 0. The molecule has 1 aromatic heterocycles. The van der Waals surface area contributed by atoms with E-state index in [1.165, 1.54) is 23.1 Å². The molecule has 2 aromatic rings. The van der Waals surface area contributed by atoms with Gasteiger partial charge in [-0.25, -0.2) is 0 Å². The van der Waals surface area contributed by atoms with Crippen LogP contribution >= 0.6 is 0 Å². The molecule has 0 nitrogen and oxygen atoms in total. The first-order chi connectivity index (χ1) is 7.27. The van der Waals surface area contributed by atoms with E-state index in [-0.39, 0.29) is 0 Å². The molecule has 0 spiro atoms. The lowest BCUT2D eigenvalue weighted by Crippen LogP contribution is -2.04. The quantitative estimate of drug-likeness (QED) is 0.500. The van der Waals surface area contributed by atoms with Crippen LogP contribution in [0.25, 0.3) is 11.1 Å². The van der Waals surface area contributed by atoms with Crippen molar-refractivity contribution in [1.82, 2.24) is 0 Å². The van der Waals surface area contributed by atoms with Gasteiger partial charge in [-0.3, -0.25) is 0 Å². The Kier molecular flexibility index (Phi) is 1.89. The normalized spacial score (nSPS) is 12.4. The molecule has 0 bridgehead atoms. The molecule has 1 aromatic carbocycles. The minimum atomic E-state index is -0.403. The van der Waals surface area contributed by atoms with Gasteiger partial charge in [0.25, 0.3) is 0 Å². The maximum atomic E-state index is 2.42. The fourth-order valence-corrected chi connectivity index (χ4v) is 4.37. The van der Waals surface area contributed by atoms with E-state index >= 15 is 0 Å². The average molecular weight is 210 g/mol. The predicted octanol–water partition coefficient (Wildman–Crippen LogP) is 3.13. The first-order valence-corrected chi connectivity index (χ1v) is 7.45. The zero-order valence-electron chi connectivity index (χ0n) is 9.17. The molecule has 0 unspecified atom stereocenters. The van der Waals surface area contributed by atoms with Gasteiger partial charge in [0.15, 0.2) is 0 Å². The molecule has 0 saturated carbocycles. The number of rotatable bonds is 0. The van der Waals surface area contributed by atoms with Crippen LogP contribution in [0.1, 0.15) is 15.9 Å². The molecule has 0 fully saturated rings. The second kappa shape index (κ2) is 3.14. The summed E-state index contributed by atoms with van der Waals surface area (Å²) < 4.78 is 0. The van der Waals surface area contributed by atoms with Gasteiger partial charge in [0.2, 0.25) is 0 Å². The highest BCUT2D eigenvalue weighted by Crippen LogP contribution is 2.35. The third kappa shape index (κ3) is 1.23. The van der Waals surface area contributed by atoms with Crippen LogP contribution in [0.4, 0.5) is 0 Å². The molecule has 1 heteroatoms. The topological polar surface area (TPSA) is 0 Å². The van der Waals surface area contributed by atoms with Crippen molar-refractivity contribution in [3.63, 3.8) is 0 Å². The maximum absolute atomic E-state index is 2.42. The predicted molar refractivity (Wildman–Crippen MR) is 66.4 cm³/mol. The van der Waals surface area contributed by atoms with Crippen LogP contribution in [0.5, 0.6) is 0 Å². The molecule has 1 heterocycles. The Bertz CT molecular complexity index is 541. The van der Waals surface area contributed by atoms with Gasteiger partial charge in [-0.1, -0.05) is 53.3 Å². The molecule has 0 radical (unpaired) electrons. The largest absolute Gasteiger partial charge is 0.0666 e. The standard InChI is InChI=1S/C14H14Si/c1-10-7-8-13-12-6-4-3-5-11(12)9-14(13)15(10)2/h3-8H,9H2,1-2H3. The minimum Gasteiger partial charge on any atom is -0.0666 e. The summed E-state index contributed by atoms with van der Waals surface area (Å²) in [6, 6.07) is 13.5. The van der Waals surface area contributed by atoms with Crippen molar-refractivity contribution in [1.29, 1.82) is 0 Å². The molecule has 0 saturated heterocycles. The summed E-state index contributed by atoms with van der Waals surface area (Å²) in [5.74, 6) is 0. The van der Waals surface area contributed by atoms with Gasteiger partial charge in [-0.15, -0.1) is 0 Å². The van der Waals surface area contributed by atoms with E-state index in [2.05, 4.69) is 49.9 Å². The summed E-state index contributed by atoms with van der Waals surface area (Å²) in [5, 5.41) is 3.30. The second-order valence-electron chi connectivity index (χ2n) is 4.37. The van der Waals surface area contributed by atoms with E-state index in [4.69, 9.17) is 0 Å². The summed E-state index contributed by atoms with van der Waals surface area (Å²) in [7, 11) is -0.403.